The topological polar surface area (TPSA) is 0 Å². The van der Waals surface area contributed by atoms with Crippen LogP contribution in [0.4, 0.5) is 0 Å². The van der Waals surface area contributed by atoms with Gasteiger partial charge in [0.05, 0.1) is 0 Å². The molecule has 0 fully saturated rings. The van der Waals surface area contributed by atoms with Crippen molar-refractivity contribution in [3.63, 3.8) is 0 Å². The summed E-state index contributed by atoms with van der Waals surface area (Å²) in [5.74, 6) is 6.58. The first-order valence-electron chi connectivity index (χ1n) is 7.16. The van der Waals surface area contributed by atoms with Crippen molar-refractivity contribution >= 4 is 0 Å². The van der Waals surface area contributed by atoms with Crippen LogP contribution in [-0.4, -0.2) is 0 Å². The van der Waals surface area contributed by atoms with Gasteiger partial charge in [-0.05, 0) is 12.8 Å². The van der Waals surface area contributed by atoms with Gasteiger partial charge in [0.1, 0.15) is 0 Å². The van der Waals surface area contributed by atoms with Crippen molar-refractivity contribution in [2.24, 2.45) is 0 Å². The zero-order valence-corrected chi connectivity index (χ0v) is 11.2. The number of unbranched alkanes of at least 4 members (excludes halogenated alkanes) is 10. The van der Waals surface area contributed by atoms with Gasteiger partial charge < -0.3 is 0 Å². The minimum absolute atomic E-state index is 1.09. The van der Waals surface area contributed by atoms with Crippen LogP contribution in [0.15, 0.2) is 0 Å². The summed E-state index contributed by atoms with van der Waals surface area (Å²) in [6.45, 7) is 6.10. The van der Waals surface area contributed by atoms with Crippen LogP contribution in [0.25, 0.3) is 0 Å². The predicted molar refractivity (Wildman–Crippen MR) is 74.2 cm³/mol. The van der Waals surface area contributed by atoms with E-state index in [4.69, 9.17) is 0 Å². The molecule has 0 aliphatic heterocycles. The van der Waals surface area contributed by atoms with Crippen molar-refractivity contribution in [2.75, 3.05) is 0 Å². The van der Waals surface area contributed by atoms with Crippen LogP contribution < -0.4 is 0 Å². The molecule has 0 aliphatic rings. The van der Waals surface area contributed by atoms with E-state index in [1.807, 2.05) is 0 Å². The Balaban J connectivity index is 3.04. The van der Waals surface area contributed by atoms with Gasteiger partial charge in [-0.2, -0.15) is 0 Å². The molecule has 0 amide bonds. The third-order valence-electron chi connectivity index (χ3n) is 2.83. The van der Waals surface area contributed by atoms with Crippen LogP contribution >= 0.6 is 0 Å². The molecule has 0 bridgehead atoms. The summed E-state index contributed by atoms with van der Waals surface area (Å²) in [5, 5.41) is 0. The minimum atomic E-state index is 1.09. The Hall–Kier alpha value is -0.440. The molecule has 0 unspecified atom stereocenters. The summed E-state index contributed by atoms with van der Waals surface area (Å²) in [6.07, 6.45) is 15.3. The summed E-state index contributed by atoms with van der Waals surface area (Å²) >= 11 is 0. The summed E-state index contributed by atoms with van der Waals surface area (Å²) in [5.41, 5.74) is 0. The zero-order chi connectivity index (χ0) is 11.9. The van der Waals surface area contributed by atoms with Gasteiger partial charge >= 0.3 is 0 Å². The lowest BCUT2D eigenvalue weighted by molar-refractivity contribution is 0.640. The Kier molecular flexibility index (Phi) is 14.2. The van der Waals surface area contributed by atoms with Crippen molar-refractivity contribution in [3.05, 3.63) is 6.92 Å². The lowest BCUT2D eigenvalue weighted by Crippen LogP contribution is -1.77. The molecule has 16 heavy (non-hydrogen) atoms. The molecule has 0 aromatic carbocycles. The van der Waals surface area contributed by atoms with Gasteiger partial charge in [-0.15, -0.1) is 11.8 Å². The van der Waals surface area contributed by atoms with E-state index in [-0.39, 0.29) is 0 Å². The molecule has 0 saturated carbocycles. The van der Waals surface area contributed by atoms with Crippen LogP contribution in [-0.2, 0) is 0 Å². The first-order valence-corrected chi connectivity index (χ1v) is 7.16. The van der Waals surface area contributed by atoms with Gasteiger partial charge in [0.15, 0.2) is 0 Å². The second kappa shape index (κ2) is 14.6. The Labute approximate surface area is 103 Å². The van der Waals surface area contributed by atoms with E-state index in [0.29, 0.717) is 0 Å². The van der Waals surface area contributed by atoms with E-state index in [1.54, 1.807) is 0 Å². The second-order valence-electron chi connectivity index (χ2n) is 4.54. The quantitative estimate of drug-likeness (QED) is 0.336. The minimum Gasteiger partial charge on any atom is -0.103 e. The first-order chi connectivity index (χ1) is 7.91. The van der Waals surface area contributed by atoms with Crippen molar-refractivity contribution in [2.45, 2.75) is 84.0 Å². The van der Waals surface area contributed by atoms with Gasteiger partial charge in [0.25, 0.3) is 0 Å². The van der Waals surface area contributed by atoms with E-state index < -0.39 is 0 Å². The molecule has 0 heteroatoms. The Morgan fingerprint density at radius 1 is 0.688 bits per heavy atom. The van der Waals surface area contributed by atoms with Gasteiger partial charge in [-0.3, -0.25) is 0 Å². The molecule has 0 heterocycles. The van der Waals surface area contributed by atoms with E-state index in [2.05, 4.69) is 25.7 Å². The molecule has 1 radical (unpaired) electrons. The maximum absolute atomic E-state index is 3.85. The normalized spacial score (nSPS) is 9.88. The summed E-state index contributed by atoms with van der Waals surface area (Å²) in [7, 11) is 0. The molecule has 0 spiro atoms. The maximum Gasteiger partial charge on any atom is 0.00886 e. The SMILES string of the molecule is [CH2]CCCCCCC#CCCCCCCC. The number of rotatable bonds is 10. The highest BCUT2D eigenvalue weighted by Gasteiger charge is 1.87. The second-order valence-corrected chi connectivity index (χ2v) is 4.54. The third kappa shape index (κ3) is 13.6. The molecular formula is C16H29. The predicted octanol–water partition coefficient (Wildman–Crippen LogP) is 5.52. The smallest absolute Gasteiger partial charge is 0.00886 e. The molecule has 0 N–H and O–H groups in total. The molecule has 0 aromatic heterocycles. The van der Waals surface area contributed by atoms with Crippen LogP contribution in [0.2, 0.25) is 0 Å². The molecule has 93 valence electrons. The monoisotopic (exact) mass is 221 g/mol. The fourth-order valence-electron chi connectivity index (χ4n) is 1.74. The summed E-state index contributed by atoms with van der Waals surface area (Å²) in [4.78, 5) is 0. The van der Waals surface area contributed by atoms with Crippen molar-refractivity contribution in [3.8, 4) is 11.8 Å². The average Bonchev–Trinajstić information content (AvgIpc) is 2.31. The fraction of sp³-hybridized carbons (Fsp3) is 0.812. The van der Waals surface area contributed by atoms with Gasteiger partial charge in [0.2, 0.25) is 0 Å². The largest absolute Gasteiger partial charge is 0.103 e. The van der Waals surface area contributed by atoms with Crippen molar-refractivity contribution in [1.82, 2.24) is 0 Å². The molecule has 0 aliphatic carbocycles. The van der Waals surface area contributed by atoms with Crippen LogP contribution in [0.3, 0.4) is 0 Å². The summed E-state index contributed by atoms with van der Waals surface area (Å²) < 4.78 is 0. The van der Waals surface area contributed by atoms with E-state index in [0.717, 1.165) is 19.3 Å². The van der Waals surface area contributed by atoms with Crippen LogP contribution in [0, 0.1) is 18.8 Å². The third-order valence-corrected chi connectivity index (χ3v) is 2.83. The highest BCUT2D eigenvalue weighted by Crippen LogP contribution is 2.05. The molecule has 0 saturated heterocycles. The first kappa shape index (κ1) is 15.6. The van der Waals surface area contributed by atoms with Crippen molar-refractivity contribution in [1.29, 1.82) is 0 Å². The molecule has 0 atom stereocenters. The van der Waals surface area contributed by atoms with Crippen LogP contribution in [0.5, 0.6) is 0 Å². The van der Waals surface area contributed by atoms with Crippen LogP contribution in [0.1, 0.15) is 84.0 Å². The summed E-state index contributed by atoms with van der Waals surface area (Å²) in [6, 6.07) is 0. The highest BCUT2D eigenvalue weighted by molar-refractivity contribution is 4.98. The Bertz CT molecular complexity index is 152. The fourth-order valence-corrected chi connectivity index (χ4v) is 1.74. The molecule has 0 rings (SSSR count). The van der Waals surface area contributed by atoms with E-state index in [1.165, 1.54) is 57.8 Å². The molecule has 0 nitrogen and oxygen atoms in total. The molecule has 0 aromatic rings. The molecular weight excluding hydrogens is 192 g/mol. The lowest BCUT2D eigenvalue weighted by Gasteiger charge is -1.95. The zero-order valence-electron chi connectivity index (χ0n) is 11.2. The number of hydrogen-bond donors (Lipinski definition) is 0. The van der Waals surface area contributed by atoms with Gasteiger partial charge in [-0.25, -0.2) is 0 Å². The lowest BCUT2D eigenvalue weighted by atomic mass is 10.1. The average molecular weight is 221 g/mol. The number of hydrogen-bond acceptors (Lipinski definition) is 0. The standard InChI is InChI=1S/C16H29/c1-3-5-7-9-11-13-15-16-14-12-10-8-6-4-2/h1,3-14H2,2H3. The van der Waals surface area contributed by atoms with Gasteiger partial charge in [0, 0.05) is 12.8 Å². The highest BCUT2D eigenvalue weighted by atomic mass is 13.9. The maximum atomic E-state index is 3.85. The van der Waals surface area contributed by atoms with Gasteiger partial charge in [-0.1, -0.05) is 65.2 Å². The van der Waals surface area contributed by atoms with Crippen molar-refractivity contribution < 1.29 is 0 Å². The Morgan fingerprint density at radius 3 is 1.69 bits per heavy atom. The van der Waals surface area contributed by atoms with E-state index >= 15 is 0 Å². The van der Waals surface area contributed by atoms with E-state index in [9.17, 15) is 0 Å². The Morgan fingerprint density at radius 2 is 1.19 bits per heavy atom.